The molecule has 4 rings (SSSR count). The molecule has 1 unspecified atom stereocenters. The van der Waals surface area contributed by atoms with Crippen molar-refractivity contribution in [2.75, 3.05) is 16.8 Å². The highest BCUT2D eigenvalue weighted by Crippen LogP contribution is 2.41. The van der Waals surface area contributed by atoms with Gasteiger partial charge in [0.2, 0.25) is 5.96 Å². The molecule has 3 aromatic rings. The first-order chi connectivity index (χ1) is 15.5. The zero-order valence-electron chi connectivity index (χ0n) is 17.3. The van der Waals surface area contributed by atoms with Gasteiger partial charge in [0.25, 0.3) is 0 Å². The SMILES string of the molecule is Cc1cc(OCc2ccccc2)ccc1C1N=C(NC#N)Nc2nc(N)c(C#N)c(N)c21. The number of nitrogens with one attached hydrogen (secondary N) is 2. The third-order valence-electron chi connectivity index (χ3n) is 5.14. The van der Waals surface area contributed by atoms with Gasteiger partial charge in [-0.15, -0.1) is 0 Å². The smallest absolute Gasteiger partial charge is 0.211 e. The summed E-state index contributed by atoms with van der Waals surface area (Å²) in [6, 6.07) is 17.0. The van der Waals surface area contributed by atoms with Crippen LogP contribution in [0.2, 0.25) is 0 Å². The number of benzene rings is 2. The molecule has 2 heterocycles. The van der Waals surface area contributed by atoms with E-state index in [9.17, 15) is 5.26 Å². The molecule has 0 spiro atoms. The van der Waals surface area contributed by atoms with E-state index in [1.54, 1.807) is 0 Å². The van der Waals surface area contributed by atoms with Crippen LogP contribution < -0.4 is 26.8 Å². The Kier molecular flexibility index (Phi) is 5.47. The van der Waals surface area contributed by atoms with Crippen molar-refractivity contribution in [3.05, 3.63) is 76.3 Å². The van der Waals surface area contributed by atoms with E-state index in [0.29, 0.717) is 23.7 Å². The standard InChI is InChI=1S/C23H20N8O/c1-13-9-15(32-11-14-5-3-2-4-6-14)7-8-16(13)20-18-19(26)17(10-24)21(27)30-22(18)31-23(29-20)28-12-25/h2-9,20H,11H2,1H3,(H6,26,27,28,29,30,31). The number of nitriles is 2. The number of nitrogen functional groups attached to an aromatic ring is 2. The van der Waals surface area contributed by atoms with E-state index < -0.39 is 6.04 Å². The quantitative estimate of drug-likeness (QED) is 0.367. The van der Waals surface area contributed by atoms with Crippen LogP contribution in [0.5, 0.6) is 5.75 Å². The van der Waals surface area contributed by atoms with Crippen LogP contribution in [0.15, 0.2) is 53.5 Å². The van der Waals surface area contributed by atoms with E-state index in [2.05, 4.69) is 20.6 Å². The van der Waals surface area contributed by atoms with Gasteiger partial charge in [-0.25, -0.2) is 9.98 Å². The maximum atomic E-state index is 9.46. The molecule has 0 saturated carbocycles. The summed E-state index contributed by atoms with van der Waals surface area (Å²) in [4.78, 5) is 8.87. The summed E-state index contributed by atoms with van der Waals surface area (Å²) >= 11 is 0. The number of aryl methyl sites for hydroxylation is 1. The summed E-state index contributed by atoms with van der Waals surface area (Å²) < 4.78 is 5.92. The maximum Gasteiger partial charge on any atom is 0.211 e. The van der Waals surface area contributed by atoms with Gasteiger partial charge < -0.3 is 21.5 Å². The minimum Gasteiger partial charge on any atom is -0.489 e. The first-order valence-electron chi connectivity index (χ1n) is 9.78. The summed E-state index contributed by atoms with van der Waals surface area (Å²) in [6.07, 6.45) is 1.84. The molecule has 158 valence electrons. The predicted octanol–water partition coefficient (Wildman–Crippen LogP) is 2.95. The molecule has 2 aromatic carbocycles. The number of hydrogen-bond acceptors (Lipinski definition) is 9. The van der Waals surface area contributed by atoms with Gasteiger partial charge in [0.05, 0.1) is 5.69 Å². The number of nitrogens with two attached hydrogens (primary N) is 2. The topological polar surface area (TPSA) is 158 Å². The number of fused-ring (bicyclic) bond motifs is 1. The van der Waals surface area contributed by atoms with Gasteiger partial charge in [-0.05, 0) is 35.7 Å². The second kappa shape index (κ2) is 8.54. The Morgan fingerprint density at radius 1 is 1.16 bits per heavy atom. The molecule has 0 aliphatic carbocycles. The Morgan fingerprint density at radius 2 is 1.94 bits per heavy atom. The van der Waals surface area contributed by atoms with Gasteiger partial charge >= 0.3 is 0 Å². The number of rotatable bonds is 4. The molecule has 0 saturated heterocycles. The molecular formula is C23H20N8O. The summed E-state index contributed by atoms with van der Waals surface area (Å²) in [5, 5.41) is 23.9. The minimum atomic E-state index is -0.592. The van der Waals surface area contributed by atoms with Gasteiger partial charge in [-0.2, -0.15) is 10.5 Å². The van der Waals surface area contributed by atoms with Crippen molar-refractivity contribution >= 4 is 23.3 Å². The van der Waals surface area contributed by atoms with E-state index in [0.717, 1.165) is 16.7 Å². The first kappa shape index (κ1) is 20.5. The van der Waals surface area contributed by atoms with Crippen LogP contribution in [0.4, 0.5) is 17.3 Å². The second-order valence-electron chi connectivity index (χ2n) is 7.19. The number of ether oxygens (including phenoxy) is 1. The molecule has 9 heteroatoms. The fourth-order valence-electron chi connectivity index (χ4n) is 3.59. The molecule has 1 atom stereocenters. The van der Waals surface area contributed by atoms with Crippen molar-refractivity contribution in [1.82, 2.24) is 10.3 Å². The van der Waals surface area contributed by atoms with Gasteiger partial charge in [0.15, 0.2) is 6.19 Å². The highest BCUT2D eigenvalue weighted by molar-refractivity contribution is 5.98. The average Bonchev–Trinajstić information content (AvgIpc) is 2.78. The highest BCUT2D eigenvalue weighted by atomic mass is 16.5. The predicted molar refractivity (Wildman–Crippen MR) is 121 cm³/mol. The van der Waals surface area contributed by atoms with E-state index in [1.165, 1.54) is 0 Å². The largest absolute Gasteiger partial charge is 0.489 e. The summed E-state index contributed by atoms with van der Waals surface area (Å²) in [5.74, 6) is 1.28. The lowest BCUT2D eigenvalue weighted by Gasteiger charge is -2.27. The lowest BCUT2D eigenvalue weighted by molar-refractivity contribution is 0.306. The van der Waals surface area contributed by atoms with Gasteiger partial charge in [-0.1, -0.05) is 36.4 Å². The van der Waals surface area contributed by atoms with Crippen molar-refractivity contribution in [2.45, 2.75) is 19.6 Å². The Hall–Kier alpha value is -4.76. The second-order valence-corrected chi connectivity index (χ2v) is 7.19. The molecule has 0 amide bonds. The zero-order chi connectivity index (χ0) is 22.7. The van der Waals surface area contributed by atoms with Gasteiger partial charge in [0.1, 0.15) is 41.7 Å². The number of aliphatic imine (C=N–C) groups is 1. The molecule has 6 N–H and O–H groups in total. The molecule has 0 radical (unpaired) electrons. The number of guanidine groups is 1. The molecule has 32 heavy (non-hydrogen) atoms. The fourth-order valence-corrected chi connectivity index (χ4v) is 3.59. The third kappa shape index (κ3) is 3.83. The number of pyridine rings is 1. The van der Waals surface area contributed by atoms with Crippen LogP contribution in [-0.2, 0) is 6.61 Å². The summed E-state index contributed by atoms with van der Waals surface area (Å²) in [5.41, 5.74) is 15.8. The van der Waals surface area contributed by atoms with Crippen LogP contribution in [-0.4, -0.2) is 10.9 Å². The number of anilines is 3. The lowest BCUT2D eigenvalue weighted by Crippen LogP contribution is -2.33. The Balaban J connectivity index is 1.72. The molecule has 0 bridgehead atoms. The number of aromatic nitrogens is 1. The van der Waals surface area contributed by atoms with E-state index in [1.807, 2.05) is 67.7 Å². The van der Waals surface area contributed by atoms with Crippen molar-refractivity contribution < 1.29 is 4.74 Å². The number of hydrogen-bond donors (Lipinski definition) is 4. The fraction of sp³-hybridized carbons (Fsp3) is 0.130. The van der Waals surface area contributed by atoms with Crippen LogP contribution in [0.1, 0.15) is 33.9 Å². The van der Waals surface area contributed by atoms with Gasteiger partial charge in [0, 0.05) is 5.56 Å². The minimum absolute atomic E-state index is 0.00888. The Bertz CT molecular complexity index is 1290. The van der Waals surface area contributed by atoms with Crippen LogP contribution in [0.3, 0.4) is 0 Å². The monoisotopic (exact) mass is 424 g/mol. The van der Waals surface area contributed by atoms with Crippen molar-refractivity contribution in [1.29, 1.82) is 10.5 Å². The molecular weight excluding hydrogens is 404 g/mol. The van der Waals surface area contributed by atoms with Gasteiger partial charge in [-0.3, -0.25) is 5.32 Å². The van der Waals surface area contributed by atoms with E-state index in [-0.39, 0.29) is 23.0 Å². The van der Waals surface area contributed by atoms with Crippen molar-refractivity contribution in [3.63, 3.8) is 0 Å². The number of nitrogens with zero attached hydrogens (tertiary/aromatic N) is 4. The highest BCUT2D eigenvalue weighted by Gasteiger charge is 2.30. The van der Waals surface area contributed by atoms with E-state index >= 15 is 0 Å². The van der Waals surface area contributed by atoms with Crippen LogP contribution >= 0.6 is 0 Å². The summed E-state index contributed by atoms with van der Waals surface area (Å²) in [7, 11) is 0. The maximum absolute atomic E-state index is 9.46. The summed E-state index contributed by atoms with van der Waals surface area (Å²) in [6.45, 7) is 2.39. The van der Waals surface area contributed by atoms with Crippen LogP contribution in [0.25, 0.3) is 0 Å². The Labute approximate surface area is 185 Å². The first-order valence-corrected chi connectivity index (χ1v) is 9.78. The molecule has 0 fully saturated rings. The van der Waals surface area contributed by atoms with E-state index in [4.69, 9.17) is 21.5 Å². The molecule has 1 aliphatic heterocycles. The molecule has 1 aliphatic rings. The zero-order valence-corrected chi connectivity index (χ0v) is 17.3. The van der Waals surface area contributed by atoms with Crippen molar-refractivity contribution in [3.8, 4) is 18.0 Å². The molecule has 9 nitrogen and oxygen atoms in total. The molecule has 1 aromatic heterocycles. The van der Waals surface area contributed by atoms with Crippen molar-refractivity contribution in [2.24, 2.45) is 4.99 Å². The third-order valence-corrected chi connectivity index (χ3v) is 5.14. The normalized spacial score (nSPS) is 14.2. The lowest BCUT2D eigenvalue weighted by atomic mass is 9.92. The Morgan fingerprint density at radius 3 is 2.62 bits per heavy atom. The van der Waals surface area contributed by atoms with Crippen LogP contribution in [0, 0.1) is 29.7 Å². The average molecular weight is 424 g/mol.